The Kier molecular flexibility index (Phi) is 5.69. The minimum Gasteiger partial charge on any atom is -0.380 e. The van der Waals surface area contributed by atoms with Crippen LogP contribution in [0.2, 0.25) is 0 Å². The first-order valence-corrected chi connectivity index (χ1v) is 8.89. The molecule has 6 heteroatoms. The molecule has 3 aromatic rings. The molecule has 0 heterocycles. The smallest absolute Gasteiger partial charge is 0.270 e. The lowest BCUT2D eigenvalue weighted by Gasteiger charge is -2.14. The second-order valence-corrected chi connectivity index (χ2v) is 6.53. The molecule has 142 valence electrons. The molecule has 3 rings (SSSR count). The molecule has 0 fully saturated rings. The number of rotatable bonds is 6. The number of nitro groups is 1. The Morgan fingerprint density at radius 1 is 0.964 bits per heavy atom. The predicted octanol–water partition coefficient (Wildman–Crippen LogP) is 5.08. The lowest BCUT2D eigenvalue weighted by molar-refractivity contribution is -0.384. The van der Waals surface area contributed by atoms with Crippen LogP contribution >= 0.6 is 0 Å². The zero-order valence-corrected chi connectivity index (χ0v) is 15.7. The van der Waals surface area contributed by atoms with E-state index in [2.05, 4.69) is 10.6 Å². The molecule has 0 atom stereocenters. The van der Waals surface area contributed by atoms with Crippen LogP contribution in [0.5, 0.6) is 0 Å². The summed E-state index contributed by atoms with van der Waals surface area (Å²) in [6.45, 7) is 4.39. The Morgan fingerprint density at radius 2 is 1.71 bits per heavy atom. The Morgan fingerprint density at radius 3 is 2.43 bits per heavy atom. The van der Waals surface area contributed by atoms with Gasteiger partial charge < -0.3 is 10.6 Å². The van der Waals surface area contributed by atoms with Gasteiger partial charge in [0.05, 0.1) is 10.5 Å². The van der Waals surface area contributed by atoms with Gasteiger partial charge in [0.15, 0.2) is 0 Å². The molecule has 3 aromatic carbocycles. The lowest BCUT2D eigenvalue weighted by Crippen LogP contribution is -2.16. The van der Waals surface area contributed by atoms with E-state index < -0.39 is 10.8 Å². The van der Waals surface area contributed by atoms with Crippen molar-refractivity contribution in [3.8, 4) is 0 Å². The van der Waals surface area contributed by atoms with Crippen molar-refractivity contribution in [2.45, 2.75) is 20.4 Å². The molecular formula is C22H21N3O3. The number of nitrogens with zero attached hydrogens (tertiary/aromatic N) is 1. The average molecular weight is 375 g/mol. The monoisotopic (exact) mass is 375 g/mol. The van der Waals surface area contributed by atoms with E-state index in [0.29, 0.717) is 17.9 Å². The predicted molar refractivity (Wildman–Crippen MR) is 111 cm³/mol. The fourth-order valence-electron chi connectivity index (χ4n) is 2.86. The number of benzene rings is 3. The van der Waals surface area contributed by atoms with Gasteiger partial charge in [-0.3, -0.25) is 14.9 Å². The van der Waals surface area contributed by atoms with Gasteiger partial charge >= 0.3 is 0 Å². The van der Waals surface area contributed by atoms with Crippen molar-refractivity contribution >= 4 is 23.0 Å². The summed E-state index contributed by atoms with van der Waals surface area (Å²) in [7, 11) is 0. The maximum Gasteiger partial charge on any atom is 0.270 e. The molecule has 0 saturated heterocycles. The SMILES string of the molecule is Cc1cccc(NC(=O)c2cc([N+](=O)[O-])ccc2NCc2ccccc2)c1C. The van der Waals surface area contributed by atoms with E-state index in [-0.39, 0.29) is 11.3 Å². The van der Waals surface area contributed by atoms with Crippen molar-refractivity contribution in [2.24, 2.45) is 0 Å². The largest absolute Gasteiger partial charge is 0.380 e. The maximum atomic E-state index is 12.9. The number of amides is 1. The molecule has 2 N–H and O–H groups in total. The Hall–Kier alpha value is -3.67. The molecule has 0 radical (unpaired) electrons. The summed E-state index contributed by atoms with van der Waals surface area (Å²) in [6.07, 6.45) is 0. The quantitative estimate of drug-likeness (QED) is 0.465. The van der Waals surface area contributed by atoms with Gasteiger partial charge in [-0.25, -0.2) is 0 Å². The summed E-state index contributed by atoms with van der Waals surface area (Å²) < 4.78 is 0. The van der Waals surface area contributed by atoms with E-state index in [1.54, 1.807) is 6.07 Å². The zero-order chi connectivity index (χ0) is 20.1. The second-order valence-electron chi connectivity index (χ2n) is 6.53. The van der Waals surface area contributed by atoms with Crippen molar-refractivity contribution in [1.82, 2.24) is 0 Å². The third kappa shape index (κ3) is 4.35. The first-order chi connectivity index (χ1) is 13.5. The molecule has 0 aliphatic heterocycles. The zero-order valence-electron chi connectivity index (χ0n) is 15.7. The van der Waals surface area contributed by atoms with Crippen LogP contribution in [0.1, 0.15) is 27.0 Å². The standard InChI is InChI=1S/C22H21N3O3/c1-15-7-6-10-20(16(15)2)24-22(26)19-13-18(25(27)28)11-12-21(19)23-14-17-8-4-3-5-9-17/h3-13,23H,14H2,1-2H3,(H,24,26). The van der Waals surface area contributed by atoms with E-state index in [0.717, 1.165) is 16.7 Å². The van der Waals surface area contributed by atoms with E-state index in [4.69, 9.17) is 0 Å². The Balaban J connectivity index is 1.89. The first kappa shape index (κ1) is 19.1. The molecule has 0 unspecified atom stereocenters. The highest BCUT2D eigenvalue weighted by Gasteiger charge is 2.18. The topological polar surface area (TPSA) is 84.3 Å². The summed E-state index contributed by atoms with van der Waals surface area (Å²) in [5, 5.41) is 17.3. The molecule has 0 aromatic heterocycles. The molecule has 0 spiro atoms. The number of carbonyl (C=O) groups is 1. The third-order valence-electron chi connectivity index (χ3n) is 4.64. The van der Waals surface area contributed by atoms with Crippen molar-refractivity contribution in [3.05, 3.63) is 99.1 Å². The number of anilines is 2. The summed E-state index contributed by atoms with van der Waals surface area (Å²) in [5.41, 5.74) is 4.38. The number of non-ortho nitro benzene ring substituents is 1. The molecule has 6 nitrogen and oxygen atoms in total. The normalized spacial score (nSPS) is 10.4. The van der Waals surface area contributed by atoms with Crippen molar-refractivity contribution < 1.29 is 9.72 Å². The number of nitrogens with one attached hydrogen (secondary N) is 2. The fraction of sp³-hybridized carbons (Fsp3) is 0.136. The highest BCUT2D eigenvalue weighted by molar-refractivity contribution is 6.08. The molecule has 0 bridgehead atoms. The Labute approximate surface area is 163 Å². The van der Waals surface area contributed by atoms with E-state index in [9.17, 15) is 14.9 Å². The fourth-order valence-corrected chi connectivity index (χ4v) is 2.86. The van der Waals surface area contributed by atoms with Crippen LogP contribution in [0.25, 0.3) is 0 Å². The van der Waals surface area contributed by atoms with Gasteiger partial charge in [-0.1, -0.05) is 42.5 Å². The average Bonchev–Trinajstić information content (AvgIpc) is 2.70. The van der Waals surface area contributed by atoms with Crippen LogP contribution in [-0.4, -0.2) is 10.8 Å². The number of hydrogen-bond donors (Lipinski definition) is 2. The third-order valence-corrected chi connectivity index (χ3v) is 4.64. The van der Waals surface area contributed by atoms with Gasteiger partial charge in [-0.15, -0.1) is 0 Å². The van der Waals surface area contributed by atoms with Crippen LogP contribution < -0.4 is 10.6 Å². The number of nitro benzene ring substituents is 1. The van der Waals surface area contributed by atoms with E-state index in [1.807, 2.05) is 62.4 Å². The summed E-state index contributed by atoms with van der Waals surface area (Å²) in [6, 6.07) is 19.6. The van der Waals surface area contributed by atoms with Gasteiger partial charge in [0, 0.05) is 30.1 Å². The summed E-state index contributed by atoms with van der Waals surface area (Å²) >= 11 is 0. The number of hydrogen-bond acceptors (Lipinski definition) is 4. The van der Waals surface area contributed by atoms with Gasteiger partial charge in [-0.05, 0) is 42.7 Å². The van der Waals surface area contributed by atoms with Crippen LogP contribution in [0.4, 0.5) is 17.1 Å². The maximum absolute atomic E-state index is 12.9. The van der Waals surface area contributed by atoms with Crippen molar-refractivity contribution in [1.29, 1.82) is 0 Å². The summed E-state index contributed by atoms with van der Waals surface area (Å²) in [4.78, 5) is 23.6. The van der Waals surface area contributed by atoms with Gasteiger partial charge in [-0.2, -0.15) is 0 Å². The van der Waals surface area contributed by atoms with Gasteiger partial charge in [0.1, 0.15) is 0 Å². The highest BCUT2D eigenvalue weighted by Crippen LogP contribution is 2.25. The first-order valence-electron chi connectivity index (χ1n) is 8.89. The van der Waals surface area contributed by atoms with Crippen molar-refractivity contribution in [3.63, 3.8) is 0 Å². The summed E-state index contributed by atoms with van der Waals surface area (Å²) in [5.74, 6) is -0.395. The minimum atomic E-state index is -0.504. The molecule has 28 heavy (non-hydrogen) atoms. The van der Waals surface area contributed by atoms with Crippen LogP contribution in [-0.2, 0) is 6.54 Å². The lowest BCUT2D eigenvalue weighted by atomic mass is 10.1. The molecular weight excluding hydrogens is 354 g/mol. The number of carbonyl (C=O) groups excluding carboxylic acids is 1. The molecule has 0 aliphatic carbocycles. The molecule has 0 aliphatic rings. The van der Waals surface area contributed by atoms with Crippen molar-refractivity contribution in [2.75, 3.05) is 10.6 Å². The molecule has 1 amide bonds. The van der Waals surface area contributed by atoms with Crippen LogP contribution in [0, 0.1) is 24.0 Å². The van der Waals surface area contributed by atoms with Crippen LogP contribution in [0.15, 0.2) is 66.7 Å². The van der Waals surface area contributed by atoms with E-state index in [1.165, 1.54) is 12.1 Å². The van der Waals surface area contributed by atoms with E-state index >= 15 is 0 Å². The Bertz CT molecular complexity index is 1020. The molecule has 0 saturated carbocycles. The number of aryl methyl sites for hydroxylation is 1. The van der Waals surface area contributed by atoms with Gasteiger partial charge in [0.2, 0.25) is 0 Å². The second kappa shape index (κ2) is 8.35. The van der Waals surface area contributed by atoms with Crippen LogP contribution in [0.3, 0.4) is 0 Å². The minimum absolute atomic E-state index is 0.128. The highest BCUT2D eigenvalue weighted by atomic mass is 16.6. The van der Waals surface area contributed by atoms with Gasteiger partial charge in [0.25, 0.3) is 11.6 Å².